The predicted octanol–water partition coefficient (Wildman–Crippen LogP) is 3.08. The highest BCUT2D eigenvalue weighted by molar-refractivity contribution is 5.66. The number of nitrogens with zero attached hydrogens (tertiary/aromatic N) is 2. The molecule has 0 bridgehead atoms. The SMILES string of the molecule is CCNc1ccnc(/C=C/c2ccccc2)n1. The summed E-state index contributed by atoms with van der Waals surface area (Å²) < 4.78 is 0. The first-order valence-corrected chi connectivity index (χ1v) is 5.68. The first-order chi connectivity index (χ1) is 8.38. The number of benzene rings is 1. The number of hydrogen-bond acceptors (Lipinski definition) is 3. The Kier molecular flexibility index (Phi) is 3.86. The van der Waals surface area contributed by atoms with Gasteiger partial charge in [-0.25, -0.2) is 9.97 Å². The van der Waals surface area contributed by atoms with E-state index in [1.807, 2.05) is 55.5 Å². The number of nitrogens with one attached hydrogen (secondary N) is 1. The fourth-order valence-corrected chi connectivity index (χ4v) is 1.47. The minimum absolute atomic E-state index is 0.715. The van der Waals surface area contributed by atoms with Crippen LogP contribution in [0.3, 0.4) is 0 Å². The molecule has 0 amide bonds. The maximum atomic E-state index is 4.37. The van der Waals surface area contributed by atoms with Crippen LogP contribution in [-0.2, 0) is 0 Å². The molecule has 0 aliphatic carbocycles. The Morgan fingerprint density at radius 1 is 1.12 bits per heavy atom. The molecule has 2 rings (SSSR count). The smallest absolute Gasteiger partial charge is 0.154 e. The fourth-order valence-electron chi connectivity index (χ4n) is 1.47. The van der Waals surface area contributed by atoms with E-state index in [2.05, 4.69) is 15.3 Å². The van der Waals surface area contributed by atoms with Crippen molar-refractivity contribution in [2.75, 3.05) is 11.9 Å². The average molecular weight is 225 g/mol. The van der Waals surface area contributed by atoms with Crippen molar-refractivity contribution in [1.29, 1.82) is 0 Å². The van der Waals surface area contributed by atoms with E-state index in [0.29, 0.717) is 5.82 Å². The van der Waals surface area contributed by atoms with Gasteiger partial charge in [0.2, 0.25) is 0 Å². The highest BCUT2D eigenvalue weighted by Crippen LogP contribution is 2.06. The molecule has 3 nitrogen and oxygen atoms in total. The molecule has 1 N–H and O–H groups in total. The summed E-state index contributed by atoms with van der Waals surface area (Å²) in [6.07, 6.45) is 5.68. The van der Waals surface area contributed by atoms with Gasteiger partial charge in [-0.2, -0.15) is 0 Å². The zero-order valence-corrected chi connectivity index (χ0v) is 9.80. The second-order valence-corrected chi connectivity index (χ2v) is 3.57. The quantitative estimate of drug-likeness (QED) is 0.869. The summed E-state index contributed by atoms with van der Waals surface area (Å²) in [6.45, 7) is 2.90. The lowest BCUT2D eigenvalue weighted by molar-refractivity contribution is 1.09. The molecule has 1 aromatic heterocycles. The molecule has 86 valence electrons. The van der Waals surface area contributed by atoms with Crippen LogP contribution in [-0.4, -0.2) is 16.5 Å². The molecule has 0 spiro atoms. The van der Waals surface area contributed by atoms with Gasteiger partial charge in [0.05, 0.1) is 0 Å². The Morgan fingerprint density at radius 2 is 1.94 bits per heavy atom. The van der Waals surface area contributed by atoms with E-state index in [0.717, 1.165) is 17.9 Å². The molecule has 3 heteroatoms. The molecular weight excluding hydrogens is 210 g/mol. The summed E-state index contributed by atoms with van der Waals surface area (Å²) >= 11 is 0. The van der Waals surface area contributed by atoms with Crippen LogP contribution < -0.4 is 5.32 Å². The first kappa shape index (κ1) is 11.3. The van der Waals surface area contributed by atoms with E-state index in [1.165, 1.54) is 0 Å². The van der Waals surface area contributed by atoms with Gasteiger partial charge in [-0.3, -0.25) is 0 Å². The van der Waals surface area contributed by atoms with Crippen molar-refractivity contribution in [2.24, 2.45) is 0 Å². The zero-order valence-electron chi connectivity index (χ0n) is 9.80. The maximum absolute atomic E-state index is 4.37. The van der Waals surface area contributed by atoms with Crippen molar-refractivity contribution in [3.63, 3.8) is 0 Å². The van der Waals surface area contributed by atoms with Crippen LogP contribution >= 0.6 is 0 Å². The Balaban J connectivity index is 2.13. The molecular formula is C14H15N3. The Bertz CT molecular complexity index is 492. The monoisotopic (exact) mass is 225 g/mol. The van der Waals surface area contributed by atoms with Crippen molar-refractivity contribution >= 4 is 18.0 Å². The summed E-state index contributed by atoms with van der Waals surface area (Å²) in [5.41, 5.74) is 1.14. The van der Waals surface area contributed by atoms with Crippen molar-refractivity contribution in [3.8, 4) is 0 Å². The molecule has 1 heterocycles. The Hall–Kier alpha value is -2.16. The van der Waals surface area contributed by atoms with E-state index in [4.69, 9.17) is 0 Å². The lowest BCUT2D eigenvalue weighted by Gasteiger charge is -2.01. The van der Waals surface area contributed by atoms with Gasteiger partial charge in [0.1, 0.15) is 5.82 Å². The molecule has 0 aliphatic heterocycles. The largest absolute Gasteiger partial charge is 0.370 e. The van der Waals surface area contributed by atoms with Gasteiger partial charge in [-0.05, 0) is 24.6 Å². The molecule has 17 heavy (non-hydrogen) atoms. The average Bonchev–Trinajstić information content (AvgIpc) is 2.39. The number of aromatic nitrogens is 2. The van der Waals surface area contributed by atoms with Crippen LogP contribution in [0, 0.1) is 0 Å². The van der Waals surface area contributed by atoms with Crippen LogP contribution in [0.2, 0.25) is 0 Å². The van der Waals surface area contributed by atoms with Crippen LogP contribution in [0.5, 0.6) is 0 Å². The normalized spacial score (nSPS) is 10.6. The minimum Gasteiger partial charge on any atom is -0.370 e. The molecule has 0 fully saturated rings. The maximum Gasteiger partial charge on any atom is 0.154 e. The molecule has 2 aromatic rings. The molecule has 0 radical (unpaired) electrons. The Morgan fingerprint density at radius 3 is 2.71 bits per heavy atom. The number of anilines is 1. The van der Waals surface area contributed by atoms with Crippen molar-refractivity contribution < 1.29 is 0 Å². The van der Waals surface area contributed by atoms with Crippen LogP contribution in [0.4, 0.5) is 5.82 Å². The van der Waals surface area contributed by atoms with Gasteiger partial charge in [-0.15, -0.1) is 0 Å². The van der Waals surface area contributed by atoms with Gasteiger partial charge < -0.3 is 5.32 Å². The van der Waals surface area contributed by atoms with Gasteiger partial charge in [-0.1, -0.05) is 36.4 Å². The zero-order chi connectivity index (χ0) is 11.9. The lowest BCUT2D eigenvalue weighted by atomic mass is 10.2. The molecule has 0 unspecified atom stereocenters. The molecule has 1 aromatic carbocycles. The molecule has 0 saturated heterocycles. The highest BCUT2D eigenvalue weighted by Gasteiger charge is 1.94. The van der Waals surface area contributed by atoms with E-state index in [9.17, 15) is 0 Å². The molecule has 0 saturated carbocycles. The van der Waals surface area contributed by atoms with Gasteiger partial charge in [0, 0.05) is 12.7 Å². The topological polar surface area (TPSA) is 37.8 Å². The van der Waals surface area contributed by atoms with Crippen LogP contribution in [0.15, 0.2) is 42.6 Å². The van der Waals surface area contributed by atoms with Crippen LogP contribution in [0.25, 0.3) is 12.2 Å². The van der Waals surface area contributed by atoms with Crippen molar-refractivity contribution in [1.82, 2.24) is 9.97 Å². The van der Waals surface area contributed by atoms with Gasteiger partial charge in [0.25, 0.3) is 0 Å². The fraction of sp³-hybridized carbons (Fsp3) is 0.143. The van der Waals surface area contributed by atoms with Gasteiger partial charge >= 0.3 is 0 Å². The van der Waals surface area contributed by atoms with Gasteiger partial charge in [0.15, 0.2) is 5.82 Å². The standard InChI is InChI=1S/C14H15N3/c1-2-15-14-10-11-16-13(17-14)9-8-12-6-4-3-5-7-12/h3-11H,2H2,1H3,(H,15,16,17)/b9-8+. The summed E-state index contributed by atoms with van der Waals surface area (Å²) in [5, 5.41) is 3.16. The third-order valence-corrected chi connectivity index (χ3v) is 2.26. The number of rotatable bonds is 4. The van der Waals surface area contributed by atoms with Crippen molar-refractivity contribution in [3.05, 3.63) is 54.0 Å². The minimum atomic E-state index is 0.715. The third kappa shape index (κ3) is 3.41. The summed E-state index contributed by atoms with van der Waals surface area (Å²) in [6, 6.07) is 12.0. The number of hydrogen-bond donors (Lipinski definition) is 1. The van der Waals surface area contributed by atoms with E-state index < -0.39 is 0 Å². The van der Waals surface area contributed by atoms with E-state index >= 15 is 0 Å². The molecule has 0 aliphatic rings. The predicted molar refractivity (Wildman–Crippen MR) is 71.6 cm³/mol. The second kappa shape index (κ2) is 5.80. The van der Waals surface area contributed by atoms with E-state index in [-0.39, 0.29) is 0 Å². The first-order valence-electron chi connectivity index (χ1n) is 5.68. The van der Waals surface area contributed by atoms with Crippen LogP contribution in [0.1, 0.15) is 18.3 Å². The lowest BCUT2D eigenvalue weighted by Crippen LogP contribution is -2.00. The second-order valence-electron chi connectivity index (χ2n) is 3.57. The molecule has 0 atom stereocenters. The van der Waals surface area contributed by atoms with Crippen molar-refractivity contribution in [2.45, 2.75) is 6.92 Å². The van der Waals surface area contributed by atoms with E-state index in [1.54, 1.807) is 6.20 Å². The highest BCUT2D eigenvalue weighted by atomic mass is 15.0. The summed E-state index contributed by atoms with van der Waals surface area (Å²) in [7, 11) is 0. The Labute approximate surface area is 101 Å². The summed E-state index contributed by atoms with van der Waals surface area (Å²) in [4.78, 5) is 8.57. The summed E-state index contributed by atoms with van der Waals surface area (Å²) in [5.74, 6) is 1.57. The third-order valence-electron chi connectivity index (χ3n) is 2.26.